The maximum absolute atomic E-state index is 5.86. The van der Waals surface area contributed by atoms with Gasteiger partial charge < -0.3 is 4.90 Å². The predicted octanol–water partition coefficient (Wildman–Crippen LogP) is 2.18. The lowest BCUT2D eigenvalue weighted by atomic mass is 10.2. The van der Waals surface area contributed by atoms with E-state index >= 15 is 0 Å². The van der Waals surface area contributed by atoms with Crippen LogP contribution in [0, 0.1) is 0 Å². The van der Waals surface area contributed by atoms with E-state index in [0.29, 0.717) is 0 Å². The van der Waals surface area contributed by atoms with Crippen LogP contribution < -0.4 is 0 Å². The zero-order chi connectivity index (χ0) is 6.69. The number of allylic oxidation sites excluding steroid dienone is 1. The number of halogens is 1. The van der Waals surface area contributed by atoms with Crippen LogP contribution in [0.15, 0.2) is 11.2 Å². The Labute approximate surface area is 61.3 Å². The molecule has 0 aromatic carbocycles. The van der Waals surface area contributed by atoms with Crippen LogP contribution in [0.1, 0.15) is 19.3 Å². The van der Waals surface area contributed by atoms with Crippen LogP contribution in [0.5, 0.6) is 0 Å². The van der Waals surface area contributed by atoms with Gasteiger partial charge in [-0.05, 0) is 25.3 Å². The van der Waals surface area contributed by atoms with E-state index in [2.05, 4.69) is 11.0 Å². The van der Waals surface area contributed by atoms with E-state index in [1.807, 2.05) is 7.05 Å². The molecule has 0 N–H and O–H groups in total. The summed E-state index contributed by atoms with van der Waals surface area (Å²) in [6.07, 6.45) is 5.78. The predicted molar refractivity (Wildman–Crippen MR) is 40.4 cm³/mol. The lowest BCUT2D eigenvalue weighted by molar-refractivity contribution is 0.438. The molecule has 2 heteroatoms. The lowest BCUT2D eigenvalue weighted by Gasteiger charge is -2.14. The number of hydrogen-bond acceptors (Lipinski definition) is 1. The molecule has 0 amide bonds. The number of rotatable bonds is 0. The van der Waals surface area contributed by atoms with Gasteiger partial charge in [0.15, 0.2) is 0 Å². The molecule has 1 aliphatic heterocycles. The van der Waals surface area contributed by atoms with Gasteiger partial charge in [-0.3, -0.25) is 0 Å². The van der Waals surface area contributed by atoms with Crippen molar-refractivity contribution < 1.29 is 0 Å². The van der Waals surface area contributed by atoms with Crippen LogP contribution in [0.3, 0.4) is 0 Å². The summed E-state index contributed by atoms with van der Waals surface area (Å²) in [4.78, 5) is 2.09. The van der Waals surface area contributed by atoms with Gasteiger partial charge in [0, 0.05) is 13.6 Å². The second-order valence-corrected chi connectivity index (χ2v) is 2.83. The van der Waals surface area contributed by atoms with Crippen molar-refractivity contribution in [1.82, 2.24) is 4.90 Å². The first-order chi connectivity index (χ1) is 4.30. The van der Waals surface area contributed by atoms with Crippen LogP contribution in [0.25, 0.3) is 0 Å². The fraction of sp³-hybridized carbons (Fsp3) is 0.714. The summed E-state index contributed by atoms with van der Waals surface area (Å²) in [5.74, 6) is 0. The Hall–Kier alpha value is -0.170. The fourth-order valence-electron chi connectivity index (χ4n) is 0.977. The molecule has 0 bridgehead atoms. The molecule has 0 fully saturated rings. The van der Waals surface area contributed by atoms with Gasteiger partial charge in [-0.25, -0.2) is 0 Å². The fourth-order valence-corrected chi connectivity index (χ4v) is 1.17. The van der Waals surface area contributed by atoms with E-state index in [9.17, 15) is 0 Å². The van der Waals surface area contributed by atoms with Crippen molar-refractivity contribution in [2.24, 2.45) is 0 Å². The van der Waals surface area contributed by atoms with Gasteiger partial charge in [-0.2, -0.15) is 0 Å². The topological polar surface area (TPSA) is 3.24 Å². The summed E-state index contributed by atoms with van der Waals surface area (Å²) >= 11 is 5.86. The summed E-state index contributed by atoms with van der Waals surface area (Å²) in [5.41, 5.74) is 0. The van der Waals surface area contributed by atoms with Gasteiger partial charge >= 0.3 is 0 Å². The van der Waals surface area contributed by atoms with Crippen molar-refractivity contribution in [3.05, 3.63) is 11.2 Å². The first-order valence-corrected chi connectivity index (χ1v) is 3.75. The third kappa shape index (κ3) is 1.90. The third-order valence-corrected chi connectivity index (χ3v) is 2.07. The van der Waals surface area contributed by atoms with Crippen molar-refractivity contribution in [2.45, 2.75) is 19.3 Å². The largest absolute Gasteiger partial charge is 0.366 e. The monoisotopic (exact) mass is 145 g/mol. The van der Waals surface area contributed by atoms with E-state index in [-0.39, 0.29) is 0 Å². The van der Waals surface area contributed by atoms with Gasteiger partial charge in [-0.1, -0.05) is 11.6 Å². The molecule has 0 atom stereocenters. The third-order valence-electron chi connectivity index (χ3n) is 1.63. The summed E-state index contributed by atoms with van der Waals surface area (Å²) in [6.45, 7) is 1.11. The molecular formula is C7H12ClN. The van der Waals surface area contributed by atoms with E-state index in [1.165, 1.54) is 12.8 Å². The number of nitrogens with zero attached hydrogens (tertiary/aromatic N) is 1. The summed E-state index contributed by atoms with van der Waals surface area (Å²) in [5, 5.41) is 0.910. The zero-order valence-corrected chi connectivity index (χ0v) is 6.49. The SMILES string of the molecule is CN1CCCCC=C1Cl. The summed E-state index contributed by atoms with van der Waals surface area (Å²) < 4.78 is 0. The molecule has 1 heterocycles. The molecule has 0 aromatic rings. The molecule has 0 radical (unpaired) electrons. The van der Waals surface area contributed by atoms with Crippen molar-refractivity contribution in [2.75, 3.05) is 13.6 Å². The highest BCUT2D eigenvalue weighted by Crippen LogP contribution is 2.14. The quantitative estimate of drug-likeness (QED) is 0.473. The molecule has 52 valence electrons. The highest BCUT2D eigenvalue weighted by atomic mass is 35.5. The van der Waals surface area contributed by atoms with Crippen molar-refractivity contribution in [1.29, 1.82) is 0 Å². The van der Waals surface area contributed by atoms with E-state index in [0.717, 1.165) is 18.1 Å². The molecule has 0 saturated carbocycles. The lowest BCUT2D eigenvalue weighted by Crippen LogP contribution is -2.14. The molecule has 0 aliphatic carbocycles. The first kappa shape index (κ1) is 6.94. The van der Waals surface area contributed by atoms with Crippen LogP contribution in [0.2, 0.25) is 0 Å². The second-order valence-electron chi connectivity index (χ2n) is 2.44. The van der Waals surface area contributed by atoms with Gasteiger partial charge in [-0.15, -0.1) is 0 Å². The molecule has 1 nitrogen and oxygen atoms in total. The highest BCUT2D eigenvalue weighted by molar-refractivity contribution is 6.29. The van der Waals surface area contributed by atoms with Gasteiger partial charge in [0.25, 0.3) is 0 Å². The molecule has 0 spiro atoms. The zero-order valence-electron chi connectivity index (χ0n) is 5.73. The Morgan fingerprint density at radius 3 is 3.11 bits per heavy atom. The van der Waals surface area contributed by atoms with Crippen molar-refractivity contribution >= 4 is 11.6 Å². The Balaban J connectivity index is 2.51. The minimum atomic E-state index is 0.910. The second kappa shape index (κ2) is 3.11. The van der Waals surface area contributed by atoms with E-state index in [1.54, 1.807) is 0 Å². The van der Waals surface area contributed by atoms with Crippen molar-refractivity contribution in [3.63, 3.8) is 0 Å². The minimum Gasteiger partial charge on any atom is -0.366 e. The van der Waals surface area contributed by atoms with Gasteiger partial charge in [0.1, 0.15) is 5.16 Å². The van der Waals surface area contributed by atoms with Crippen LogP contribution in [0.4, 0.5) is 0 Å². The van der Waals surface area contributed by atoms with Crippen molar-refractivity contribution in [3.8, 4) is 0 Å². The van der Waals surface area contributed by atoms with E-state index in [4.69, 9.17) is 11.6 Å². The average molecular weight is 146 g/mol. The molecule has 9 heavy (non-hydrogen) atoms. The Morgan fingerprint density at radius 2 is 2.33 bits per heavy atom. The van der Waals surface area contributed by atoms with Gasteiger partial charge in [0.05, 0.1) is 0 Å². The Kier molecular flexibility index (Phi) is 2.40. The molecule has 0 aromatic heterocycles. The number of hydrogen-bond donors (Lipinski definition) is 0. The normalized spacial score (nSPS) is 21.1. The average Bonchev–Trinajstić information content (AvgIpc) is 1.99. The molecule has 0 unspecified atom stereocenters. The first-order valence-electron chi connectivity index (χ1n) is 3.37. The molecule has 1 rings (SSSR count). The van der Waals surface area contributed by atoms with Crippen LogP contribution >= 0.6 is 11.6 Å². The maximum Gasteiger partial charge on any atom is 0.100 e. The molecule has 0 saturated heterocycles. The Bertz CT molecular complexity index is 120. The van der Waals surface area contributed by atoms with Crippen LogP contribution in [-0.2, 0) is 0 Å². The van der Waals surface area contributed by atoms with Gasteiger partial charge in [0.2, 0.25) is 0 Å². The summed E-state index contributed by atoms with van der Waals surface area (Å²) in [6, 6.07) is 0. The highest BCUT2D eigenvalue weighted by Gasteiger charge is 2.03. The maximum atomic E-state index is 5.86. The standard InChI is InChI=1S/C7H12ClN/c1-9-6-4-2-3-5-7(9)8/h5H,2-4,6H2,1H3. The smallest absolute Gasteiger partial charge is 0.100 e. The van der Waals surface area contributed by atoms with E-state index < -0.39 is 0 Å². The summed E-state index contributed by atoms with van der Waals surface area (Å²) in [7, 11) is 2.03. The minimum absolute atomic E-state index is 0.910. The molecular weight excluding hydrogens is 134 g/mol. The Morgan fingerprint density at radius 1 is 1.56 bits per heavy atom. The van der Waals surface area contributed by atoms with Crippen LogP contribution in [-0.4, -0.2) is 18.5 Å². The molecule has 1 aliphatic rings.